The minimum atomic E-state index is 0.622. The summed E-state index contributed by atoms with van der Waals surface area (Å²) in [5.74, 6) is 1.28. The van der Waals surface area contributed by atoms with Gasteiger partial charge in [-0.05, 0) is 176 Å². The van der Waals surface area contributed by atoms with Crippen molar-refractivity contribution in [2.24, 2.45) is 0 Å². The number of fused-ring (bicyclic) bond motifs is 25. The lowest BCUT2D eigenvalue weighted by molar-refractivity contribution is 1.02. The summed E-state index contributed by atoms with van der Waals surface area (Å²) in [6, 6.07) is 125. The van der Waals surface area contributed by atoms with Crippen LogP contribution in [0.5, 0.6) is 0 Å². The van der Waals surface area contributed by atoms with Crippen LogP contribution < -0.4 is 0 Å². The molecule has 9 heterocycles. The molecule has 0 saturated heterocycles. The first-order valence-electron chi connectivity index (χ1n) is 39.1. The van der Waals surface area contributed by atoms with Gasteiger partial charge in [-0.1, -0.05) is 224 Å². The third-order valence-electron chi connectivity index (χ3n) is 24.3. The molecule has 0 bridgehead atoms. The second-order valence-electron chi connectivity index (χ2n) is 30.6. The van der Waals surface area contributed by atoms with Crippen LogP contribution >= 0.6 is 34.0 Å². The van der Waals surface area contributed by atoms with E-state index in [9.17, 15) is 0 Å². The van der Waals surface area contributed by atoms with Crippen LogP contribution in [0.1, 0.15) is 0 Å². The fraction of sp³-hybridized carbons (Fsp3) is 0. The molecule has 0 spiro atoms. The summed E-state index contributed by atoms with van der Waals surface area (Å²) in [6.45, 7) is 0. The molecule has 0 aliphatic rings. The van der Waals surface area contributed by atoms with Crippen LogP contribution in [0.15, 0.2) is 352 Å². The standard InChI is InChI=1S/C105H58N8S3/c1-4-20-60(21-5-1)98-79-40-35-59-19-12-13-28-72(59)100(79)109-104(107-98)112-90-53-65(64-37-43-89-81(49-64)74-29-14-16-33-88(74)111(89)69-26-8-3-9-27-69)36-39-75(90)83-54-86-77-42-41-73-70(31-18-32-76(73)102(77)116-97(86)57-92(83)112)67-47-68-58-106-46-45-71(68)80(51-67)66-38-44-95-85(50-66)87-55-84-82-48-62-24-10-11-25-63(62)52-91(82)113(93(84)56-96(87)114-95)105-108-99(61-22-6-2-7-23-61)103-101(110-105)78-30-15-17-34-94(78)115-103/h1-58H. The molecule has 0 N–H and O–H groups in total. The van der Waals surface area contributed by atoms with E-state index in [0.717, 1.165) is 148 Å². The lowest BCUT2D eigenvalue weighted by Gasteiger charge is -2.13. The van der Waals surface area contributed by atoms with Crippen molar-refractivity contribution in [3.05, 3.63) is 352 Å². The van der Waals surface area contributed by atoms with E-state index in [1.165, 1.54) is 94.0 Å². The van der Waals surface area contributed by atoms with Crippen LogP contribution in [-0.2, 0) is 0 Å². The van der Waals surface area contributed by atoms with Crippen LogP contribution in [0.2, 0.25) is 0 Å². The molecular weight excluding hydrogens is 1470 g/mol. The van der Waals surface area contributed by atoms with E-state index < -0.39 is 0 Å². The van der Waals surface area contributed by atoms with E-state index >= 15 is 0 Å². The van der Waals surface area contributed by atoms with Crippen molar-refractivity contribution < 1.29 is 0 Å². The molecule has 11 heteroatoms. The first-order valence-corrected chi connectivity index (χ1v) is 41.6. The van der Waals surface area contributed by atoms with E-state index in [1.54, 1.807) is 11.3 Å². The van der Waals surface area contributed by atoms with E-state index in [-0.39, 0.29) is 0 Å². The molecule has 17 aromatic carbocycles. The Bertz CT molecular complexity index is 8790. The van der Waals surface area contributed by atoms with Gasteiger partial charge >= 0.3 is 0 Å². The van der Waals surface area contributed by atoms with Gasteiger partial charge in [0.25, 0.3) is 0 Å². The predicted molar refractivity (Wildman–Crippen MR) is 492 cm³/mol. The summed E-state index contributed by atoms with van der Waals surface area (Å²) in [6.07, 6.45) is 3.96. The number of hydrogen-bond acceptors (Lipinski definition) is 8. The largest absolute Gasteiger partial charge is 0.309 e. The Balaban J connectivity index is 0.634. The van der Waals surface area contributed by atoms with Gasteiger partial charge < -0.3 is 4.57 Å². The molecule has 0 aliphatic carbocycles. The zero-order valence-corrected chi connectivity index (χ0v) is 64.2. The molecule has 26 rings (SSSR count). The lowest BCUT2D eigenvalue weighted by Crippen LogP contribution is -2.04. The van der Waals surface area contributed by atoms with Crippen molar-refractivity contribution in [3.8, 4) is 73.5 Å². The van der Waals surface area contributed by atoms with E-state index in [4.69, 9.17) is 24.9 Å². The topological polar surface area (TPSA) is 79.2 Å². The Hall–Kier alpha value is -14.6. The Morgan fingerprint density at radius 3 is 1.59 bits per heavy atom. The monoisotopic (exact) mass is 1530 g/mol. The van der Waals surface area contributed by atoms with Crippen LogP contribution in [0.4, 0.5) is 0 Å². The number of rotatable bonds is 8. The SMILES string of the molecule is c1ccc(-c2nc(-n3c4cc(-c5ccc6c(c5)c5ccccc5n6-c5ccccc5)ccc4c4cc5c(cc43)sc3c4cccc(-c6cc(-c7ccc8sc9cc%10c(cc9c8c7)c7cc8ccccc8cc7n%10-c7nc(-c8ccccc8)c8sc9ccccc9c8n7)c7ccncc7c6)c4ccc53)nc3c2ccc2ccccc23)cc1. The second-order valence-corrected chi connectivity index (χ2v) is 33.8. The predicted octanol–water partition coefficient (Wildman–Crippen LogP) is 29.2. The van der Waals surface area contributed by atoms with Crippen LogP contribution in [0.25, 0.3) is 254 Å². The Kier molecular flexibility index (Phi) is 13.5. The van der Waals surface area contributed by atoms with Gasteiger partial charge in [0, 0.05) is 134 Å². The molecule has 0 atom stereocenters. The maximum absolute atomic E-state index is 5.71. The van der Waals surface area contributed by atoms with Crippen molar-refractivity contribution in [3.63, 3.8) is 0 Å². The van der Waals surface area contributed by atoms with Gasteiger partial charge in [0.15, 0.2) is 0 Å². The lowest BCUT2D eigenvalue weighted by atomic mass is 9.91. The number of para-hydroxylation sites is 2. The maximum Gasteiger partial charge on any atom is 0.235 e. The average molecular weight is 1530 g/mol. The third kappa shape index (κ3) is 9.44. The van der Waals surface area contributed by atoms with Crippen molar-refractivity contribution in [2.75, 3.05) is 0 Å². The first-order chi connectivity index (χ1) is 57.5. The molecule has 116 heavy (non-hydrogen) atoms. The number of pyridine rings is 1. The van der Waals surface area contributed by atoms with E-state index in [1.807, 2.05) is 35.1 Å². The van der Waals surface area contributed by atoms with Gasteiger partial charge in [0.05, 0.1) is 60.2 Å². The van der Waals surface area contributed by atoms with E-state index in [0.29, 0.717) is 11.9 Å². The number of nitrogens with zero attached hydrogens (tertiary/aromatic N) is 8. The van der Waals surface area contributed by atoms with Crippen molar-refractivity contribution in [2.45, 2.75) is 0 Å². The highest BCUT2D eigenvalue weighted by Gasteiger charge is 2.27. The van der Waals surface area contributed by atoms with Crippen molar-refractivity contribution >= 4 is 214 Å². The highest BCUT2D eigenvalue weighted by atomic mass is 32.1. The van der Waals surface area contributed by atoms with Crippen LogP contribution in [-0.4, -0.2) is 38.6 Å². The molecule has 9 aromatic heterocycles. The highest BCUT2D eigenvalue weighted by Crippen LogP contribution is 2.50. The van der Waals surface area contributed by atoms with Crippen molar-refractivity contribution in [1.29, 1.82) is 0 Å². The summed E-state index contributed by atoms with van der Waals surface area (Å²) in [7, 11) is 0. The zero-order chi connectivity index (χ0) is 75.5. The zero-order valence-electron chi connectivity index (χ0n) is 61.8. The minimum Gasteiger partial charge on any atom is -0.309 e. The van der Waals surface area contributed by atoms with Gasteiger partial charge in [-0.15, -0.1) is 34.0 Å². The van der Waals surface area contributed by atoms with Crippen LogP contribution in [0.3, 0.4) is 0 Å². The smallest absolute Gasteiger partial charge is 0.235 e. The third-order valence-corrected chi connectivity index (χ3v) is 27.8. The highest BCUT2D eigenvalue weighted by molar-refractivity contribution is 7.27. The molecule has 0 amide bonds. The molecule has 0 aliphatic heterocycles. The first kappa shape index (κ1) is 64.0. The van der Waals surface area contributed by atoms with Gasteiger partial charge in [0.2, 0.25) is 11.9 Å². The normalized spacial score (nSPS) is 12.3. The summed E-state index contributed by atoms with van der Waals surface area (Å²) in [4.78, 5) is 27.3. The van der Waals surface area contributed by atoms with Gasteiger partial charge in [-0.3, -0.25) is 14.1 Å². The molecule has 26 aromatic rings. The number of thiophene rings is 3. The van der Waals surface area contributed by atoms with Gasteiger partial charge in [-0.2, -0.15) is 0 Å². The summed E-state index contributed by atoms with van der Waals surface area (Å²) < 4.78 is 14.2. The summed E-state index contributed by atoms with van der Waals surface area (Å²) in [5.41, 5.74) is 20.4. The van der Waals surface area contributed by atoms with Gasteiger partial charge in [-0.25, -0.2) is 19.9 Å². The number of aromatic nitrogens is 8. The molecule has 8 nitrogen and oxygen atoms in total. The summed E-state index contributed by atoms with van der Waals surface area (Å²) >= 11 is 5.47. The minimum absolute atomic E-state index is 0.622. The molecule has 0 saturated carbocycles. The molecule has 536 valence electrons. The molecular formula is C105H58N8S3. The molecule has 0 radical (unpaired) electrons. The molecule has 0 fully saturated rings. The average Bonchev–Trinajstić information content (AvgIpc) is 1.59. The van der Waals surface area contributed by atoms with E-state index in [2.05, 4.69) is 353 Å². The Morgan fingerprint density at radius 1 is 0.216 bits per heavy atom. The Morgan fingerprint density at radius 2 is 0.759 bits per heavy atom. The fourth-order valence-electron chi connectivity index (χ4n) is 19.0. The van der Waals surface area contributed by atoms with Crippen molar-refractivity contribution in [1.82, 2.24) is 38.6 Å². The van der Waals surface area contributed by atoms with Gasteiger partial charge in [0.1, 0.15) is 0 Å². The number of benzene rings is 17. The fourth-order valence-corrected chi connectivity index (χ4v) is 22.5. The van der Waals surface area contributed by atoms with Crippen LogP contribution in [0, 0.1) is 0 Å². The maximum atomic E-state index is 5.71. The quantitative estimate of drug-likeness (QED) is 0.142. The second kappa shape index (κ2) is 24.5. The number of hydrogen-bond donors (Lipinski definition) is 0. The molecule has 0 unspecified atom stereocenters. The summed E-state index contributed by atoms with van der Waals surface area (Å²) in [5, 5.41) is 23.3. The Labute approximate surface area is 673 Å².